The summed E-state index contributed by atoms with van der Waals surface area (Å²) in [7, 11) is 0. The maximum atomic E-state index is 12.5. The number of rotatable bonds is 3. The molecule has 0 amide bonds. The summed E-state index contributed by atoms with van der Waals surface area (Å²) in [6.45, 7) is -4.52. The molecule has 0 radical (unpaired) electrons. The molecule has 1 aromatic heterocycles. The van der Waals surface area contributed by atoms with Crippen LogP contribution in [0.25, 0.3) is 0 Å². The van der Waals surface area contributed by atoms with Crippen LogP contribution in [0.5, 0.6) is 0 Å². The Morgan fingerprint density at radius 1 is 1.25 bits per heavy atom. The molecule has 0 aliphatic heterocycles. The van der Waals surface area contributed by atoms with E-state index in [0.717, 1.165) is 6.07 Å². The second kappa shape index (κ2) is 4.04. The molecule has 6 heteroatoms. The minimum atomic E-state index is -4.92. The zero-order chi connectivity index (χ0) is 11.6. The lowest BCUT2D eigenvalue weighted by molar-refractivity contribution is 0.501. The first-order valence-electron chi connectivity index (χ1n) is 4.80. The number of hydrogen-bond acceptors (Lipinski definition) is 1. The first kappa shape index (κ1) is 10.8. The quantitative estimate of drug-likeness (QED) is 0.730. The molecule has 0 bridgehead atoms. The molecule has 0 aliphatic rings. The van der Waals surface area contributed by atoms with Crippen molar-refractivity contribution in [3.63, 3.8) is 0 Å². The fraction of sp³-hybridized carbons (Fsp3) is 0.100. The van der Waals surface area contributed by atoms with E-state index in [1.54, 1.807) is 29.4 Å². The van der Waals surface area contributed by atoms with Crippen molar-refractivity contribution in [3.05, 3.63) is 48.5 Å². The molecule has 0 saturated carbocycles. The molecule has 1 heterocycles. The SMILES string of the molecule is F[B-](F)(F)c1cccc(Cn2ccnc2)c1. The minimum Gasteiger partial charge on any atom is -0.445 e. The van der Waals surface area contributed by atoms with Gasteiger partial charge in [0.1, 0.15) is 0 Å². The van der Waals surface area contributed by atoms with E-state index in [2.05, 4.69) is 4.98 Å². The van der Waals surface area contributed by atoms with Crippen LogP contribution in [0.2, 0.25) is 0 Å². The number of halogens is 3. The van der Waals surface area contributed by atoms with Crippen molar-refractivity contribution in [2.75, 3.05) is 0 Å². The lowest BCUT2D eigenvalue weighted by Crippen LogP contribution is -2.34. The third-order valence-electron chi connectivity index (χ3n) is 2.25. The Hall–Kier alpha value is -1.72. The fourth-order valence-corrected chi connectivity index (χ4v) is 1.49. The van der Waals surface area contributed by atoms with Crippen LogP contribution >= 0.6 is 0 Å². The largest absolute Gasteiger partial charge is 0.509 e. The van der Waals surface area contributed by atoms with Gasteiger partial charge in [0.15, 0.2) is 0 Å². The fourth-order valence-electron chi connectivity index (χ4n) is 1.49. The summed E-state index contributed by atoms with van der Waals surface area (Å²) in [5, 5.41) is 0. The van der Waals surface area contributed by atoms with Crippen molar-refractivity contribution < 1.29 is 12.9 Å². The van der Waals surface area contributed by atoms with Crippen molar-refractivity contribution >= 4 is 12.4 Å². The smallest absolute Gasteiger partial charge is 0.445 e. The molecule has 0 spiro atoms. The van der Waals surface area contributed by atoms with Crippen molar-refractivity contribution in [3.8, 4) is 0 Å². The van der Waals surface area contributed by atoms with Gasteiger partial charge in [-0.2, -0.15) is 0 Å². The molecule has 0 aliphatic carbocycles. The number of benzene rings is 1. The van der Waals surface area contributed by atoms with Gasteiger partial charge in [-0.25, -0.2) is 4.98 Å². The molecular weight excluding hydrogens is 216 g/mol. The maximum absolute atomic E-state index is 12.5. The standard InChI is InChI=1S/C10H9BF3N2/c12-11(13,14)10-3-1-2-9(6-10)7-16-5-4-15-8-16/h1-6,8H,7H2/q-1. The van der Waals surface area contributed by atoms with Crippen molar-refractivity contribution in [1.82, 2.24) is 9.55 Å². The first-order valence-corrected chi connectivity index (χ1v) is 4.80. The molecule has 1 aromatic carbocycles. The van der Waals surface area contributed by atoms with Crippen LogP contribution in [0.1, 0.15) is 5.56 Å². The van der Waals surface area contributed by atoms with Gasteiger partial charge in [-0.15, -0.1) is 5.46 Å². The number of aromatic nitrogens is 2. The van der Waals surface area contributed by atoms with Gasteiger partial charge in [-0.1, -0.05) is 24.3 Å². The zero-order valence-electron chi connectivity index (χ0n) is 8.35. The average molecular weight is 225 g/mol. The Kier molecular flexibility index (Phi) is 2.72. The highest BCUT2D eigenvalue weighted by molar-refractivity contribution is 6.73. The lowest BCUT2D eigenvalue weighted by atomic mass is 9.79. The summed E-state index contributed by atoms with van der Waals surface area (Å²) in [4.78, 5) is 3.83. The van der Waals surface area contributed by atoms with Gasteiger partial charge in [-0.05, 0) is 5.56 Å². The lowest BCUT2D eigenvalue weighted by Gasteiger charge is -2.15. The van der Waals surface area contributed by atoms with Gasteiger partial charge in [0, 0.05) is 18.9 Å². The Bertz CT molecular complexity index is 465. The van der Waals surface area contributed by atoms with Crippen molar-refractivity contribution in [1.29, 1.82) is 0 Å². The molecule has 2 aromatic rings. The monoisotopic (exact) mass is 225 g/mol. The van der Waals surface area contributed by atoms with Gasteiger partial charge in [-0.3, -0.25) is 0 Å². The molecule has 0 atom stereocenters. The summed E-state index contributed by atoms with van der Waals surface area (Å²) >= 11 is 0. The Labute approximate surface area is 90.8 Å². The van der Waals surface area contributed by atoms with Crippen molar-refractivity contribution in [2.24, 2.45) is 0 Å². The molecule has 0 saturated heterocycles. The van der Waals surface area contributed by atoms with E-state index < -0.39 is 12.4 Å². The molecule has 84 valence electrons. The topological polar surface area (TPSA) is 17.8 Å². The van der Waals surface area contributed by atoms with Crippen LogP contribution < -0.4 is 5.46 Å². The first-order chi connectivity index (χ1) is 7.55. The van der Waals surface area contributed by atoms with Crippen LogP contribution in [0.4, 0.5) is 12.9 Å². The second-order valence-electron chi connectivity index (χ2n) is 3.55. The van der Waals surface area contributed by atoms with E-state index in [0.29, 0.717) is 12.1 Å². The third kappa shape index (κ3) is 2.45. The average Bonchev–Trinajstić information content (AvgIpc) is 2.70. The second-order valence-corrected chi connectivity index (χ2v) is 3.55. The Morgan fingerprint density at radius 2 is 2.06 bits per heavy atom. The third-order valence-corrected chi connectivity index (χ3v) is 2.25. The predicted molar refractivity (Wildman–Crippen MR) is 56.5 cm³/mol. The normalized spacial score (nSPS) is 11.7. The minimum absolute atomic E-state index is 0.403. The Balaban J connectivity index is 2.23. The number of hydrogen-bond donors (Lipinski definition) is 0. The van der Waals surface area contributed by atoms with E-state index in [4.69, 9.17) is 0 Å². The predicted octanol–water partition coefficient (Wildman–Crippen LogP) is 1.99. The van der Waals surface area contributed by atoms with E-state index in [1.807, 2.05) is 0 Å². The van der Waals surface area contributed by atoms with Crippen molar-refractivity contribution in [2.45, 2.75) is 6.54 Å². The maximum Gasteiger partial charge on any atom is 0.509 e. The van der Waals surface area contributed by atoms with Crippen LogP contribution in [-0.2, 0) is 6.54 Å². The summed E-state index contributed by atoms with van der Waals surface area (Å²) in [6, 6.07) is 5.37. The van der Waals surface area contributed by atoms with Gasteiger partial charge in [0.25, 0.3) is 0 Å². The Morgan fingerprint density at radius 3 is 2.69 bits per heavy atom. The van der Waals surface area contributed by atoms with Crippen LogP contribution in [0, 0.1) is 0 Å². The number of imidazole rings is 1. The van der Waals surface area contributed by atoms with Gasteiger partial charge >= 0.3 is 6.98 Å². The van der Waals surface area contributed by atoms with E-state index in [9.17, 15) is 12.9 Å². The molecular formula is C10H9BF3N2-. The van der Waals surface area contributed by atoms with Gasteiger partial charge in [0.05, 0.1) is 6.33 Å². The highest BCUT2D eigenvalue weighted by Gasteiger charge is 2.25. The van der Waals surface area contributed by atoms with Gasteiger partial charge in [0.2, 0.25) is 0 Å². The van der Waals surface area contributed by atoms with Crippen LogP contribution in [-0.4, -0.2) is 16.5 Å². The summed E-state index contributed by atoms with van der Waals surface area (Å²) in [5.41, 5.74) is 0.0623. The van der Waals surface area contributed by atoms with E-state index >= 15 is 0 Å². The highest BCUT2D eigenvalue weighted by atomic mass is 19.4. The molecule has 2 rings (SSSR count). The van der Waals surface area contributed by atoms with Gasteiger partial charge < -0.3 is 17.5 Å². The summed E-state index contributed by atoms with van der Waals surface area (Å²) in [5.74, 6) is 0. The molecule has 0 fully saturated rings. The zero-order valence-corrected chi connectivity index (χ0v) is 8.35. The molecule has 16 heavy (non-hydrogen) atoms. The highest BCUT2D eigenvalue weighted by Crippen LogP contribution is 2.10. The molecule has 0 N–H and O–H groups in total. The molecule has 2 nitrogen and oxygen atoms in total. The summed E-state index contributed by atoms with van der Waals surface area (Å²) < 4.78 is 39.2. The van der Waals surface area contributed by atoms with E-state index in [-0.39, 0.29) is 0 Å². The van der Waals surface area contributed by atoms with Crippen LogP contribution in [0.15, 0.2) is 43.0 Å². The summed E-state index contributed by atoms with van der Waals surface area (Å²) in [6.07, 6.45) is 4.88. The van der Waals surface area contributed by atoms with E-state index in [1.165, 1.54) is 12.1 Å². The molecule has 0 unspecified atom stereocenters. The van der Waals surface area contributed by atoms with Crippen LogP contribution in [0.3, 0.4) is 0 Å². The number of nitrogens with zero attached hydrogens (tertiary/aromatic N) is 2.